The Kier molecular flexibility index (Phi) is 6.74. The summed E-state index contributed by atoms with van der Waals surface area (Å²) in [5.74, 6) is -2.86. The molecule has 6 rings (SSSR count). The number of piperidine rings is 1. The van der Waals surface area contributed by atoms with Gasteiger partial charge in [-0.3, -0.25) is 4.79 Å². The number of carbonyl (C=O) groups excluding carboxylic acids is 1. The molecule has 3 N–H and O–H groups in total. The number of rotatable bonds is 5. The minimum absolute atomic E-state index is 0.0350. The van der Waals surface area contributed by atoms with Crippen molar-refractivity contribution in [2.75, 3.05) is 29.4 Å². The first-order chi connectivity index (χ1) is 19.2. The van der Waals surface area contributed by atoms with Gasteiger partial charge in [-0.25, -0.2) is 9.97 Å². The largest absolute Gasteiger partial charge is 0.342 e. The van der Waals surface area contributed by atoms with E-state index in [2.05, 4.69) is 43.1 Å². The van der Waals surface area contributed by atoms with Crippen molar-refractivity contribution in [1.29, 1.82) is 0 Å². The maximum absolute atomic E-state index is 14.9. The summed E-state index contributed by atoms with van der Waals surface area (Å²) in [5, 5.41) is 0.465. The number of allylic oxidation sites excluding steroid dienone is 5. The zero-order valence-corrected chi connectivity index (χ0v) is 23.2. The Morgan fingerprint density at radius 1 is 1.23 bits per heavy atom. The zero-order chi connectivity index (χ0) is 28.1. The SMILES string of the molecule is C/C=C\C=C/C1=C[C@@H](N)C2(CCN(c3nc4ncc(Sc5cccc6c5C(F)(F)CN6C(C)=O)nc4[nH]3)CC2)C1. The van der Waals surface area contributed by atoms with Gasteiger partial charge in [-0.2, -0.15) is 13.8 Å². The van der Waals surface area contributed by atoms with Crippen molar-refractivity contribution in [3.8, 4) is 0 Å². The van der Waals surface area contributed by atoms with E-state index in [1.54, 1.807) is 24.4 Å². The number of nitrogens with two attached hydrogens (primary N) is 1. The van der Waals surface area contributed by atoms with Crippen LogP contribution in [0.25, 0.3) is 11.3 Å². The van der Waals surface area contributed by atoms with Crippen molar-refractivity contribution in [3.05, 3.63) is 65.9 Å². The van der Waals surface area contributed by atoms with Gasteiger partial charge in [-0.15, -0.1) is 0 Å². The van der Waals surface area contributed by atoms with E-state index < -0.39 is 18.4 Å². The van der Waals surface area contributed by atoms with Gasteiger partial charge in [-0.05, 0) is 49.3 Å². The molecule has 208 valence electrons. The summed E-state index contributed by atoms with van der Waals surface area (Å²) in [7, 11) is 0. The minimum Gasteiger partial charge on any atom is -0.342 e. The predicted molar refractivity (Wildman–Crippen MR) is 153 cm³/mol. The number of nitrogens with one attached hydrogen (secondary N) is 1. The molecule has 2 aliphatic heterocycles. The summed E-state index contributed by atoms with van der Waals surface area (Å²) in [6, 6.07) is 4.89. The van der Waals surface area contributed by atoms with Crippen molar-refractivity contribution in [3.63, 3.8) is 0 Å². The number of imidazole rings is 1. The Bertz CT molecular complexity index is 1550. The smallest absolute Gasteiger partial charge is 0.293 e. The number of hydrogen-bond acceptors (Lipinski definition) is 7. The molecule has 1 fully saturated rings. The van der Waals surface area contributed by atoms with Crippen LogP contribution in [-0.4, -0.2) is 51.5 Å². The lowest BCUT2D eigenvalue weighted by Gasteiger charge is -2.42. The number of H-pyrrole nitrogens is 1. The molecule has 3 aliphatic rings. The van der Waals surface area contributed by atoms with Gasteiger partial charge in [-0.1, -0.05) is 48.2 Å². The van der Waals surface area contributed by atoms with Crippen molar-refractivity contribution in [2.45, 2.75) is 55.0 Å². The maximum atomic E-state index is 14.9. The molecule has 2 aromatic heterocycles. The van der Waals surface area contributed by atoms with Crippen LogP contribution >= 0.6 is 11.8 Å². The fraction of sp³-hybridized carbons (Fsp3) is 0.379. The number of carbonyl (C=O) groups is 1. The van der Waals surface area contributed by atoms with Crippen molar-refractivity contribution in [1.82, 2.24) is 19.9 Å². The molecule has 1 aliphatic carbocycles. The molecule has 0 unspecified atom stereocenters. The first-order valence-electron chi connectivity index (χ1n) is 13.4. The lowest BCUT2D eigenvalue weighted by molar-refractivity contribution is -0.117. The van der Waals surface area contributed by atoms with Gasteiger partial charge in [0.05, 0.1) is 24.0 Å². The zero-order valence-electron chi connectivity index (χ0n) is 22.4. The summed E-state index contributed by atoms with van der Waals surface area (Å²) >= 11 is 1.11. The minimum atomic E-state index is -3.14. The highest BCUT2D eigenvalue weighted by molar-refractivity contribution is 7.99. The van der Waals surface area contributed by atoms with Gasteiger partial charge in [0, 0.05) is 31.0 Å². The van der Waals surface area contributed by atoms with Crippen LogP contribution in [-0.2, 0) is 10.7 Å². The first-order valence-corrected chi connectivity index (χ1v) is 14.2. The number of anilines is 2. The number of fused-ring (bicyclic) bond motifs is 2. The number of halogens is 2. The van der Waals surface area contributed by atoms with Crippen LogP contribution in [0.15, 0.2) is 70.3 Å². The molecule has 0 radical (unpaired) electrons. The fourth-order valence-electron chi connectivity index (χ4n) is 5.99. The fourth-order valence-corrected chi connectivity index (χ4v) is 6.96. The first kappa shape index (κ1) is 26.6. The number of hydrogen-bond donors (Lipinski definition) is 2. The third-order valence-corrected chi connectivity index (χ3v) is 9.08. The Morgan fingerprint density at radius 2 is 2.02 bits per heavy atom. The van der Waals surface area contributed by atoms with E-state index in [1.807, 2.05) is 19.1 Å². The summed E-state index contributed by atoms with van der Waals surface area (Å²) in [4.78, 5) is 32.6. The molecule has 1 amide bonds. The highest BCUT2D eigenvalue weighted by Gasteiger charge is 2.47. The second kappa shape index (κ2) is 10.1. The van der Waals surface area contributed by atoms with E-state index >= 15 is 0 Å². The average molecular weight is 564 g/mol. The van der Waals surface area contributed by atoms with Crippen LogP contribution in [0.3, 0.4) is 0 Å². The summed E-state index contributed by atoms with van der Waals surface area (Å²) < 4.78 is 29.8. The molecule has 40 heavy (non-hydrogen) atoms. The van der Waals surface area contributed by atoms with Crippen LogP contribution in [0.2, 0.25) is 0 Å². The van der Waals surface area contributed by atoms with E-state index in [0.29, 0.717) is 27.2 Å². The van der Waals surface area contributed by atoms with Crippen LogP contribution in [0.4, 0.5) is 20.4 Å². The molecule has 1 spiro atoms. The molecule has 11 heteroatoms. The van der Waals surface area contributed by atoms with Gasteiger partial charge >= 0.3 is 0 Å². The van der Waals surface area contributed by atoms with E-state index in [1.165, 1.54) is 12.5 Å². The highest BCUT2D eigenvalue weighted by atomic mass is 32.2. The number of amides is 1. The average Bonchev–Trinajstić information content (AvgIpc) is 3.56. The van der Waals surface area contributed by atoms with Crippen molar-refractivity contribution in [2.24, 2.45) is 11.1 Å². The molecule has 0 saturated carbocycles. The lowest BCUT2D eigenvalue weighted by Crippen LogP contribution is -2.47. The van der Waals surface area contributed by atoms with Gasteiger partial charge < -0.3 is 20.5 Å². The van der Waals surface area contributed by atoms with E-state index in [-0.39, 0.29) is 22.7 Å². The molecule has 4 heterocycles. The van der Waals surface area contributed by atoms with Gasteiger partial charge in [0.15, 0.2) is 11.3 Å². The normalized spacial score (nSPS) is 21.7. The molecule has 3 aromatic rings. The standard InChI is InChI=1S/C29H31F2N7OS/c1-3-4-5-7-19-14-22(32)28(15-19)10-12-37(13-11-28)27-35-25-26(36-27)34-23(16-33-25)40-21-9-6-8-20-24(21)29(30,31)17-38(20)18(2)39/h3-9,14,16,22H,10-13,15,17,32H2,1-2H3,(H,33,34,35,36)/b4-3-,7-5-/t22-/m1/s1. The Hall–Kier alpha value is -3.57. The number of aromatic nitrogens is 4. The van der Waals surface area contributed by atoms with Crippen LogP contribution < -0.4 is 15.5 Å². The molecular formula is C29H31F2N7OS. The molecule has 0 bridgehead atoms. The molecule has 1 atom stereocenters. The molecule has 1 saturated heterocycles. The second-order valence-corrected chi connectivity index (χ2v) is 11.7. The summed E-state index contributed by atoms with van der Waals surface area (Å²) in [6.07, 6.45) is 14.9. The van der Waals surface area contributed by atoms with Crippen LogP contribution in [0.1, 0.15) is 38.7 Å². The Labute approximate surface area is 235 Å². The predicted octanol–water partition coefficient (Wildman–Crippen LogP) is 5.34. The maximum Gasteiger partial charge on any atom is 0.293 e. The number of nitrogens with zero attached hydrogens (tertiary/aromatic N) is 5. The summed E-state index contributed by atoms with van der Waals surface area (Å²) in [6.45, 7) is 4.26. The monoisotopic (exact) mass is 563 g/mol. The molecule has 8 nitrogen and oxygen atoms in total. The Balaban J connectivity index is 1.17. The van der Waals surface area contributed by atoms with Crippen LogP contribution in [0.5, 0.6) is 0 Å². The van der Waals surface area contributed by atoms with Crippen molar-refractivity contribution >= 4 is 40.6 Å². The van der Waals surface area contributed by atoms with Gasteiger partial charge in [0.2, 0.25) is 11.9 Å². The highest BCUT2D eigenvalue weighted by Crippen LogP contribution is 2.49. The molecular weight excluding hydrogens is 532 g/mol. The van der Waals surface area contributed by atoms with E-state index in [4.69, 9.17) is 5.73 Å². The van der Waals surface area contributed by atoms with E-state index in [9.17, 15) is 13.6 Å². The van der Waals surface area contributed by atoms with Gasteiger partial charge in [0.1, 0.15) is 5.03 Å². The van der Waals surface area contributed by atoms with Crippen LogP contribution in [0, 0.1) is 5.41 Å². The lowest BCUT2D eigenvalue weighted by atomic mass is 9.73. The third-order valence-electron chi connectivity index (χ3n) is 8.11. The quantitative estimate of drug-likeness (QED) is 0.404. The number of aromatic amines is 1. The number of benzene rings is 1. The second-order valence-electron chi connectivity index (χ2n) is 10.7. The third kappa shape index (κ3) is 4.71. The molecule has 1 aromatic carbocycles. The van der Waals surface area contributed by atoms with Crippen molar-refractivity contribution < 1.29 is 13.6 Å². The van der Waals surface area contributed by atoms with Gasteiger partial charge in [0.25, 0.3) is 5.92 Å². The Morgan fingerprint density at radius 3 is 2.77 bits per heavy atom. The van der Waals surface area contributed by atoms with E-state index in [0.717, 1.165) is 49.0 Å². The topological polar surface area (TPSA) is 104 Å². The summed E-state index contributed by atoms with van der Waals surface area (Å²) in [5.41, 5.74) is 8.99. The number of alkyl halides is 2.